The molecule has 0 N–H and O–H groups in total. The molecule has 1 aromatic heterocycles. The number of rotatable bonds is 9. The Labute approximate surface area is 240 Å². The zero-order chi connectivity index (χ0) is 28.7. The zero-order valence-corrected chi connectivity index (χ0v) is 24.6. The highest BCUT2D eigenvalue weighted by atomic mass is 32.2. The summed E-state index contributed by atoms with van der Waals surface area (Å²) in [6, 6.07) is 17.4. The number of nitrogens with zero attached hydrogens (tertiary/aromatic N) is 5. The van der Waals surface area contributed by atoms with Gasteiger partial charge in [-0.25, -0.2) is 14.8 Å². The molecule has 0 fully saturated rings. The molecule has 3 aromatic rings. The lowest BCUT2D eigenvalue weighted by atomic mass is 10.2. The second kappa shape index (κ2) is 13.0. The highest BCUT2D eigenvalue weighted by Crippen LogP contribution is 2.29. The predicted octanol–water partition coefficient (Wildman–Crippen LogP) is 5.50. The summed E-state index contributed by atoms with van der Waals surface area (Å²) in [7, 11) is 1.94. The lowest BCUT2D eigenvalue weighted by Crippen LogP contribution is -2.37. The van der Waals surface area contributed by atoms with Gasteiger partial charge < -0.3 is 24.2 Å². The molecule has 0 saturated heterocycles. The van der Waals surface area contributed by atoms with Crippen molar-refractivity contribution in [3.8, 4) is 5.75 Å². The number of benzene rings is 2. The second-order valence-electron chi connectivity index (χ2n) is 10.6. The van der Waals surface area contributed by atoms with Crippen LogP contribution in [0.3, 0.4) is 0 Å². The number of thioether (sulfide) groups is 1. The summed E-state index contributed by atoms with van der Waals surface area (Å²) in [5, 5.41) is 0.635. The van der Waals surface area contributed by atoms with Gasteiger partial charge in [0.05, 0.1) is 6.61 Å². The van der Waals surface area contributed by atoms with Gasteiger partial charge in [-0.15, -0.1) is 0 Å². The van der Waals surface area contributed by atoms with E-state index in [0.717, 1.165) is 11.3 Å². The summed E-state index contributed by atoms with van der Waals surface area (Å²) in [6.45, 7) is 8.08. The first kappa shape index (κ1) is 29.2. The van der Waals surface area contributed by atoms with E-state index in [2.05, 4.69) is 9.97 Å². The second-order valence-corrected chi connectivity index (χ2v) is 11.3. The summed E-state index contributed by atoms with van der Waals surface area (Å²) in [6.07, 6.45) is 3.79. The maximum absolute atomic E-state index is 13.5. The quantitative estimate of drug-likeness (QED) is 0.192. The number of likely N-dealkylation sites (N-methyl/N-ethyl adjacent to an activating group) is 1. The van der Waals surface area contributed by atoms with Crippen molar-refractivity contribution in [3.05, 3.63) is 71.9 Å². The average Bonchev–Trinajstić information content (AvgIpc) is 3.05. The molecule has 40 heavy (non-hydrogen) atoms. The third kappa shape index (κ3) is 7.65. The lowest BCUT2D eigenvalue weighted by molar-refractivity contribution is 0.0225. The average molecular weight is 564 g/mol. The van der Waals surface area contributed by atoms with Crippen LogP contribution in [-0.4, -0.2) is 72.0 Å². The number of anilines is 2. The van der Waals surface area contributed by atoms with Crippen LogP contribution >= 0.6 is 11.8 Å². The molecule has 0 bridgehead atoms. The molecule has 0 aliphatic carbocycles. The van der Waals surface area contributed by atoms with E-state index >= 15 is 0 Å². The van der Waals surface area contributed by atoms with Gasteiger partial charge in [0.25, 0.3) is 5.91 Å². The van der Waals surface area contributed by atoms with E-state index in [1.54, 1.807) is 16.0 Å². The topological polar surface area (TPSA) is 88.1 Å². The van der Waals surface area contributed by atoms with Crippen LogP contribution in [0.15, 0.2) is 66.0 Å². The molecule has 9 nitrogen and oxygen atoms in total. The Hall–Kier alpha value is -3.79. The van der Waals surface area contributed by atoms with Gasteiger partial charge in [0, 0.05) is 51.2 Å². The maximum Gasteiger partial charge on any atom is 0.410 e. The third-order valence-electron chi connectivity index (χ3n) is 6.26. The minimum atomic E-state index is -0.577. The molecule has 0 saturated carbocycles. The van der Waals surface area contributed by atoms with Crippen LogP contribution in [0.4, 0.5) is 16.3 Å². The Bertz CT molecular complexity index is 1310. The van der Waals surface area contributed by atoms with Crippen LogP contribution in [-0.2, 0) is 11.3 Å². The van der Waals surface area contributed by atoms with Crippen molar-refractivity contribution in [2.45, 2.75) is 44.5 Å². The van der Waals surface area contributed by atoms with Gasteiger partial charge in [-0.1, -0.05) is 48.2 Å². The fourth-order valence-corrected chi connectivity index (χ4v) is 4.63. The molecule has 1 aliphatic rings. The number of hydrogen-bond acceptors (Lipinski definition) is 8. The monoisotopic (exact) mass is 563 g/mol. The summed E-state index contributed by atoms with van der Waals surface area (Å²) in [5.41, 5.74) is 1.68. The first-order chi connectivity index (χ1) is 19.1. The molecule has 0 radical (unpaired) electrons. The van der Waals surface area contributed by atoms with E-state index < -0.39 is 5.60 Å². The molecule has 212 valence electrons. The molecule has 2 amide bonds. The van der Waals surface area contributed by atoms with Gasteiger partial charge in [0.1, 0.15) is 22.7 Å². The highest BCUT2D eigenvalue weighted by Gasteiger charge is 2.28. The summed E-state index contributed by atoms with van der Waals surface area (Å²) >= 11 is 1.45. The van der Waals surface area contributed by atoms with Crippen LogP contribution in [0.25, 0.3) is 0 Å². The van der Waals surface area contributed by atoms with Crippen molar-refractivity contribution in [3.63, 3.8) is 0 Å². The molecule has 2 heterocycles. The van der Waals surface area contributed by atoms with E-state index in [0.29, 0.717) is 61.5 Å². The van der Waals surface area contributed by atoms with Crippen molar-refractivity contribution >= 4 is 35.3 Å². The molecule has 4 rings (SSSR count). The number of aromatic nitrogens is 2. The number of ether oxygens (including phenoxy) is 2. The van der Waals surface area contributed by atoms with Gasteiger partial charge in [-0.2, -0.15) is 0 Å². The predicted molar refractivity (Wildman–Crippen MR) is 158 cm³/mol. The number of fused-ring (bicyclic) bond motifs is 1. The van der Waals surface area contributed by atoms with Crippen LogP contribution in [0, 0.1) is 0 Å². The highest BCUT2D eigenvalue weighted by molar-refractivity contribution is 7.98. The minimum absolute atomic E-state index is 0.141. The summed E-state index contributed by atoms with van der Waals surface area (Å²) < 4.78 is 11.7. The molecular weight excluding hydrogens is 526 g/mol. The number of hydrogen-bond donors (Lipinski definition) is 0. The van der Waals surface area contributed by atoms with Gasteiger partial charge in [-0.3, -0.25) is 4.79 Å². The van der Waals surface area contributed by atoms with Gasteiger partial charge in [-0.05, 0) is 51.1 Å². The molecular formula is C30H37N5O4S. The molecule has 2 aromatic carbocycles. The van der Waals surface area contributed by atoms with Crippen LogP contribution < -0.4 is 14.5 Å². The van der Waals surface area contributed by atoms with Crippen LogP contribution in [0.1, 0.15) is 43.1 Å². The number of carbonyl (C=O) groups is 2. The molecule has 0 atom stereocenters. The van der Waals surface area contributed by atoms with Crippen molar-refractivity contribution in [2.75, 3.05) is 49.3 Å². The standard InChI is InChI=1S/C30H37N5O4S/c1-30(2,3)39-29(37)34(21-22-11-7-6-8-12-22)15-10-18-38-24-14-9-13-23(19-24)35-17-16-33(4)26-25(27(35)36)20-31-28(32-26)40-5/h6-9,11-14,19-20H,10,15-18,21H2,1-5H3. The third-order valence-corrected chi connectivity index (χ3v) is 6.83. The van der Waals surface area contributed by atoms with Gasteiger partial charge >= 0.3 is 6.09 Å². The van der Waals surface area contributed by atoms with Gasteiger partial charge in [0.15, 0.2) is 5.16 Å². The lowest BCUT2D eigenvalue weighted by Gasteiger charge is -2.27. The van der Waals surface area contributed by atoms with E-state index in [4.69, 9.17) is 9.47 Å². The minimum Gasteiger partial charge on any atom is -0.493 e. The fourth-order valence-electron chi connectivity index (χ4n) is 4.30. The van der Waals surface area contributed by atoms with Crippen LogP contribution in [0.2, 0.25) is 0 Å². The zero-order valence-electron chi connectivity index (χ0n) is 23.8. The Morgan fingerprint density at radius 3 is 2.60 bits per heavy atom. The summed E-state index contributed by atoms with van der Waals surface area (Å²) in [5.74, 6) is 1.16. The maximum atomic E-state index is 13.5. The van der Waals surface area contributed by atoms with E-state index in [-0.39, 0.29) is 12.0 Å². The molecule has 10 heteroatoms. The number of carbonyl (C=O) groups excluding carboxylic acids is 2. The van der Waals surface area contributed by atoms with Crippen molar-refractivity contribution < 1.29 is 19.1 Å². The Morgan fingerprint density at radius 2 is 1.88 bits per heavy atom. The molecule has 0 spiro atoms. The largest absolute Gasteiger partial charge is 0.493 e. The van der Waals surface area contributed by atoms with Crippen LogP contribution in [0.5, 0.6) is 5.75 Å². The van der Waals surface area contributed by atoms with Crippen molar-refractivity contribution in [2.24, 2.45) is 0 Å². The summed E-state index contributed by atoms with van der Waals surface area (Å²) in [4.78, 5) is 40.6. The molecule has 0 unspecified atom stereocenters. The van der Waals surface area contributed by atoms with Gasteiger partial charge in [0.2, 0.25) is 0 Å². The smallest absolute Gasteiger partial charge is 0.410 e. The first-order valence-corrected chi connectivity index (χ1v) is 14.6. The Morgan fingerprint density at radius 1 is 1.10 bits per heavy atom. The number of amides is 2. The fraction of sp³-hybridized carbons (Fsp3) is 0.400. The van der Waals surface area contributed by atoms with Crippen molar-refractivity contribution in [1.82, 2.24) is 14.9 Å². The van der Waals surface area contributed by atoms with E-state index in [1.807, 2.05) is 93.6 Å². The Kier molecular flexibility index (Phi) is 9.52. The van der Waals surface area contributed by atoms with E-state index in [9.17, 15) is 9.59 Å². The normalized spacial score (nSPS) is 13.5. The van der Waals surface area contributed by atoms with E-state index in [1.165, 1.54) is 11.8 Å². The molecule has 1 aliphatic heterocycles. The SMILES string of the molecule is CSc1ncc2c(n1)N(C)CCN(c1cccc(OCCCN(Cc3ccccc3)C(=O)OC(C)(C)C)c1)C2=O. The van der Waals surface area contributed by atoms with Crippen molar-refractivity contribution in [1.29, 1.82) is 0 Å². The Balaban J connectivity index is 1.40. The first-order valence-electron chi connectivity index (χ1n) is 13.3.